The van der Waals surface area contributed by atoms with E-state index < -0.39 is 10.0 Å². The molecular weight excluding hydrogens is 452 g/mol. The summed E-state index contributed by atoms with van der Waals surface area (Å²) in [4.78, 5) is 31.5. The number of piperidine rings is 1. The second-order valence-corrected chi connectivity index (χ2v) is 10.7. The molecule has 2 aliphatic heterocycles. The van der Waals surface area contributed by atoms with E-state index in [4.69, 9.17) is 0 Å². The molecule has 0 aliphatic carbocycles. The molecule has 2 fully saturated rings. The van der Waals surface area contributed by atoms with Gasteiger partial charge in [0.2, 0.25) is 0 Å². The maximum atomic E-state index is 13.3. The Balaban J connectivity index is 1.44. The van der Waals surface area contributed by atoms with Crippen molar-refractivity contribution < 1.29 is 18.0 Å². The average Bonchev–Trinajstić information content (AvgIpc) is 2.85. The number of piperazine rings is 1. The standard InChI is InChI=1S/C25H32N4O4S/c1-19-6-9-21(10-7-19)26-34(32,33)22-11-8-20(2)23(18-22)24(30)27-14-16-29(17-15-27)25(31)28-12-4-3-5-13-28/h6-11,18,26H,3-5,12-17H2,1-2H3. The summed E-state index contributed by atoms with van der Waals surface area (Å²) >= 11 is 0. The quantitative estimate of drug-likeness (QED) is 0.720. The van der Waals surface area contributed by atoms with Crippen LogP contribution in [-0.2, 0) is 10.0 Å². The predicted molar refractivity (Wildman–Crippen MR) is 131 cm³/mol. The van der Waals surface area contributed by atoms with E-state index >= 15 is 0 Å². The van der Waals surface area contributed by atoms with Crippen molar-refractivity contribution in [2.24, 2.45) is 0 Å². The van der Waals surface area contributed by atoms with Gasteiger partial charge in [-0.1, -0.05) is 23.8 Å². The lowest BCUT2D eigenvalue weighted by molar-refractivity contribution is 0.0632. The van der Waals surface area contributed by atoms with E-state index in [1.165, 1.54) is 18.6 Å². The van der Waals surface area contributed by atoms with Crippen LogP contribution in [0.3, 0.4) is 0 Å². The summed E-state index contributed by atoms with van der Waals surface area (Å²) in [5.41, 5.74) is 2.58. The van der Waals surface area contributed by atoms with Crippen molar-refractivity contribution in [2.45, 2.75) is 38.0 Å². The van der Waals surface area contributed by atoms with Crippen LogP contribution in [0.25, 0.3) is 0 Å². The first-order chi connectivity index (χ1) is 16.2. The first kappa shape index (κ1) is 24.1. The minimum Gasteiger partial charge on any atom is -0.335 e. The van der Waals surface area contributed by atoms with Gasteiger partial charge in [-0.2, -0.15) is 0 Å². The molecule has 8 nitrogen and oxygen atoms in total. The van der Waals surface area contributed by atoms with Crippen molar-refractivity contribution in [2.75, 3.05) is 44.0 Å². The van der Waals surface area contributed by atoms with Crippen molar-refractivity contribution in [3.63, 3.8) is 0 Å². The number of carbonyl (C=O) groups excluding carboxylic acids is 2. The first-order valence-electron chi connectivity index (χ1n) is 11.8. The largest absolute Gasteiger partial charge is 0.335 e. The van der Waals surface area contributed by atoms with Crippen molar-refractivity contribution in [3.8, 4) is 0 Å². The minimum absolute atomic E-state index is 0.0425. The lowest BCUT2D eigenvalue weighted by Gasteiger charge is -2.38. The Labute approximate surface area is 201 Å². The third-order valence-corrected chi connectivity index (χ3v) is 7.90. The summed E-state index contributed by atoms with van der Waals surface area (Å²) in [7, 11) is -3.84. The first-order valence-corrected chi connectivity index (χ1v) is 13.3. The highest BCUT2D eigenvalue weighted by molar-refractivity contribution is 7.92. The molecule has 2 heterocycles. The highest BCUT2D eigenvalue weighted by Gasteiger charge is 2.29. The van der Waals surface area contributed by atoms with Gasteiger partial charge in [-0.3, -0.25) is 9.52 Å². The summed E-state index contributed by atoms with van der Waals surface area (Å²) in [5.74, 6) is -0.213. The Morgan fingerprint density at radius 3 is 2.00 bits per heavy atom. The molecule has 1 N–H and O–H groups in total. The van der Waals surface area contributed by atoms with E-state index in [0.29, 0.717) is 43.0 Å². The highest BCUT2D eigenvalue weighted by atomic mass is 32.2. The number of benzene rings is 2. The molecule has 0 radical (unpaired) electrons. The lowest BCUT2D eigenvalue weighted by Crippen LogP contribution is -2.54. The van der Waals surface area contributed by atoms with E-state index in [1.54, 1.807) is 30.0 Å². The smallest absolute Gasteiger partial charge is 0.320 e. The molecule has 0 bridgehead atoms. The Kier molecular flexibility index (Phi) is 7.11. The van der Waals surface area contributed by atoms with Gasteiger partial charge in [0.05, 0.1) is 4.90 Å². The number of sulfonamides is 1. The summed E-state index contributed by atoms with van der Waals surface area (Å²) in [6, 6.07) is 11.7. The second-order valence-electron chi connectivity index (χ2n) is 9.06. The summed E-state index contributed by atoms with van der Waals surface area (Å²) in [6.07, 6.45) is 3.25. The summed E-state index contributed by atoms with van der Waals surface area (Å²) < 4.78 is 28.4. The van der Waals surface area contributed by atoms with Crippen LogP contribution in [0.4, 0.5) is 10.5 Å². The second kappa shape index (κ2) is 10.0. The molecule has 3 amide bonds. The zero-order valence-corrected chi connectivity index (χ0v) is 20.6. The van der Waals surface area contributed by atoms with Crippen molar-refractivity contribution >= 4 is 27.6 Å². The summed E-state index contributed by atoms with van der Waals surface area (Å²) in [6.45, 7) is 7.14. The van der Waals surface area contributed by atoms with Gasteiger partial charge in [-0.25, -0.2) is 13.2 Å². The number of amides is 3. The number of nitrogens with one attached hydrogen (secondary N) is 1. The fourth-order valence-corrected chi connectivity index (χ4v) is 5.48. The average molecular weight is 485 g/mol. The van der Waals surface area contributed by atoms with Gasteiger partial charge in [-0.05, 0) is 62.9 Å². The topological polar surface area (TPSA) is 90.0 Å². The number of urea groups is 1. The molecule has 4 rings (SSSR count). The third kappa shape index (κ3) is 5.35. The minimum atomic E-state index is -3.84. The third-order valence-electron chi connectivity index (χ3n) is 6.52. The van der Waals surface area contributed by atoms with Crippen molar-refractivity contribution in [3.05, 3.63) is 59.2 Å². The van der Waals surface area contributed by atoms with E-state index in [9.17, 15) is 18.0 Å². The maximum Gasteiger partial charge on any atom is 0.320 e. The Morgan fingerprint density at radius 1 is 0.765 bits per heavy atom. The molecular formula is C25H32N4O4S. The van der Waals surface area contributed by atoms with Crippen LogP contribution in [0.15, 0.2) is 47.4 Å². The Bertz CT molecular complexity index is 1150. The number of carbonyl (C=O) groups is 2. The molecule has 0 spiro atoms. The van der Waals surface area contributed by atoms with Gasteiger partial charge in [0.1, 0.15) is 0 Å². The van der Waals surface area contributed by atoms with E-state index in [0.717, 1.165) is 31.5 Å². The van der Waals surface area contributed by atoms with Crippen molar-refractivity contribution in [1.29, 1.82) is 0 Å². The fraction of sp³-hybridized carbons (Fsp3) is 0.440. The number of nitrogens with zero attached hydrogens (tertiary/aromatic N) is 3. The molecule has 2 aliphatic rings. The van der Waals surface area contributed by atoms with Gasteiger partial charge in [0.15, 0.2) is 0 Å². The number of anilines is 1. The Morgan fingerprint density at radius 2 is 1.35 bits per heavy atom. The number of aryl methyl sites for hydroxylation is 2. The van der Waals surface area contributed by atoms with E-state index in [-0.39, 0.29) is 16.8 Å². The normalized spacial score (nSPS) is 16.9. The van der Waals surface area contributed by atoms with Crippen LogP contribution in [0.1, 0.15) is 40.7 Å². The van der Waals surface area contributed by atoms with E-state index in [1.807, 2.05) is 28.9 Å². The molecule has 0 saturated carbocycles. The highest BCUT2D eigenvalue weighted by Crippen LogP contribution is 2.22. The van der Waals surface area contributed by atoms with Crippen LogP contribution in [-0.4, -0.2) is 74.3 Å². The maximum absolute atomic E-state index is 13.3. The number of rotatable bonds is 4. The fourth-order valence-electron chi connectivity index (χ4n) is 4.39. The molecule has 182 valence electrons. The van der Waals surface area contributed by atoms with Crippen LogP contribution < -0.4 is 4.72 Å². The van der Waals surface area contributed by atoms with Crippen LogP contribution in [0.5, 0.6) is 0 Å². The van der Waals surface area contributed by atoms with Crippen LogP contribution >= 0.6 is 0 Å². The van der Waals surface area contributed by atoms with Crippen LogP contribution in [0, 0.1) is 13.8 Å². The molecule has 9 heteroatoms. The molecule has 2 aromatic carbocycles. The molecule has 0 aromatic heterocycles. The number of likely N-dealkylation sites (tertiary alicyclic amines) is 1. The molecule has 0 atom stereocenters. The van der Waals surface area contributed by atoms with Gasteiger partial charge in [-0.15, -0.1) is 0 Å². The molecule has 0 unspecified atom stereocenters. The lowest BCUT2D eigenvalue weighted by atomic mass is 10.1. The number of hydrogen-bond acceptors (Lipinski definition) is 4. The number of hydrogen-bond donors (Lipinski definition) is 1. The van der Waals surface area contributed by atoms with Crippen molar-refractivity contribution in [1.82, 2.24) is 14.7 Å². The Hall–Kier alpha value is -3.07. The van der Waals surface area contributed by atoms with Gasteiger partial charge in [0.25, 0.3) is 15.9 Å². The van der Waals surface area contributed by atoms with Gasteiger partial charge >= 0.3 is 6.03 Å². The zero-order valence-electron chi connectivity index (χ0n) is 19.8. The predicted octanol–water partition coefficient (Wildman–Crippen LogP) is 3.47. The monoisotopic (exact) mass is 484 g/mol. The summed E-state index contributed by atoms with van der Waals surface area (Å²) in [5, 5.41) is 0. The van der Waals surface area contributed by atoms with E-state index in [2.05, 4.69) is 4.72 Å². The molecule has 34 heavy (non-hydrogen) atoms. The SMILES string of the molecule is Cc1ccc(NS(=O)(=O)c2ccc(C)c(C(=O)N3CCN(C(=O)N4CCCCC4)CC3)c2)cc1. The molecule has 2 aromatic rings. The van der Waals surface area contributed by atoms with Gasteiger partial charge < -0.3 is 14.7 Å². The zero-order chi connectivity index (χ0) is 24.3. The van der Waals surface area contributed by atoms with Crippen LogP contribution in [0.2, 0.25) is 0 Å². The molecule has 2 saturated heterocycles. The van der Waals surface area contributed by atoms with Gasteiger partial charge in [0, 0.05) is 50.5 Å².